The van der Waals surface area contributed by atoms with E-state index >= 15 is 0 Å². The van der Waals surface area contributed by atoms with Crippen molar-refractivity contribution >= 4 is 17.2 Å². The van der Waals surface area contributed by atoms with Crippen LogP contribution in [-0.2, 0) is 11.3 Å². The molecule has 1 aliphatic rings. The molecule has 14 heavy (non-hydrogen) atoms. The molecule has 1 saturated carbocycles. The van der Waals surface area contributed by atoms with E-state index in [4.69, 9.17) is 0 Å². The number of carbonyl (C=O) groups excluding carboxylic acids is 1. The van der Waals surface area contributed by atoms with Crippen molar-refractivity contribution < 1.29 is 4.79 Å². The normalized spacial score (nSPS) is 24.7. The Balaban J connectivity index is 1.80. The van der Waals surface area contributed by atoms with E-state index < -0.39 is 0 Å². The van der Waals surface area contributed by atoms with Crippen LogP contribution in [0.4, 0.5) is 0 Å². The Kier molecular flexibility index (Phi) is 2.54. The van der Waals surface area contributed by atoms with Crippen molar-refractivity contribution in [2.45, 2.75) is 26.8 Å². The SMILES string of the molecule is Cc1csc(CNC(=O)C2CC2C)n1. The Bertz CT molecular complexity index is 348. The third kappa shape index (κ3) is 2.12. The summed E-state index contributed by atoms with van der Waals surface area (Å²) in [6.07, 6.45) is 1.04. The summed E-state index contributed by atoms with van der Waals surface area (Å²) >= 11 is 1.60. The fourth-order valence-corrected chi connectivity index (χ4v) is 2.18. The lowest BCUT2D eigenvalue weighted by Gasteiger charge is -2.00. The van der Waals surface area contributed by atoms with Gasteiger partial charge in [0.25, 0.3) is 0 Å². The van der Waals surface area contributed by atoms with Gasteiger partial charge >= 0.3 is 0 Å². The number of nitrogens with zero attached hydrogens (tertiary/aromatic N) is 1. The van der Waals surface area contributed by atoms with Crippen LogP contribution in [0.2, 0.25) is 0 Å². The van der Waals surface area contributed by atoms with Gasteiger partial charge in [-0.2, -0.15) is 0 Å². The van der Waals surface area contributed by atoms with Crippen LogP contribution in [0.25, 0.3) is 0 Å². The number of carbonyl (C=O) groups is 1. The number of hydrogen-bond donors (Lipinski definition) is 1. The van der Waals surface area contributed by atoms with Crippen LogP contribution in [0.3, 0.4) is 0 Å². The van der Waals surface area contributed by atoms with Crippen LogP contribution < -0.4 is 5.32 Å². The molecule has 2 rings (SSSR count). The summed E-state index contributed by atoms with van der Waals surface area (Å²) in [5.74, 6) is 1.02. The fraction of sp³-hybridized carbons (Fsp3) is 0.600. The zero-order chi connectivity index (χ0) is 10.1. The molecule has 0 radical (unpaired) electrons. The van der Waals surface area contributed by atoms with Crippen LogP contribution in [0.1, 0.15) is 24.0 Å². The van der Waals surface area contributed by atoms with Gasteiger partial charge in [0, 0.05) is 17.0 Å². The maximum absolute atomic E-state index is 11.5. The van der Waals surface area contributed by atoms with Gasteiger partial charge < -0.3 is 5.32 Å². The third-order valence-electron chi connectivity index (χ3n) is 2.53. The molecule has 0 saturated heterocycles. The molecule has 1 heterocycles. The Hall–Kier alpha value is -0.900. The number of rotatable bonds is 3. The van der Waals surface area contributed by atoms with Crippen molar-refractivity contribution in [1.29, 1.82) is 0 Å². The van der Waals surface area contributed by atoms with E-state index in [0.29, 0.717) is 12.5 Å². The topological polar surface area (TPSA) is 42.0 Å². The van der Waals surface area contributed by atoms with Gasteiger partial charge in [-0.15, -0.1) is 11.3 Å². The standard InChI is InChI=1S/C10H14N2OS/c1-6-3-8(6)10(13)11-4-9-12-7(2)5-14-9/h5-6,8H,3-4H2,1-2H3,(H,11,13). The van der Waals surface area contributed by atoms with Gasteiger partial charge in [-0.25, -0.2) is 4.98 Å². The number of thiazole rings is 1. The first-order chi connectivity index (χ1) is 6.66. The highest BCUT2D eigenvalue weighted by molar-refractivity contribution is 7.09. The maximum atomic E-state index is 11.5. The Morgan fingerprint density at radius 3 is 3.00 bits per heavy atom. The first-order valence-electron chi connectivity index (χ1n) is 4.85. The van der Waals surface area contributed by atoms with E-state index in [2.05, 4.69) is 17.2 Å². The van der Waals surface area contributed by atoms with E-state index in [-0.39, 0.29) is 11.8 Å². The number of amides is 1. The molecular weight excluding hydrogens is 196 g/mol. The highest BCUT2D eigenvalue weighted by Gasteiger charge is 2.38. The predicted octanol–water partition coefficient (Wildman–Crippen LogP) is 1.72. The minimum absolute atomic E-state index is 0.186. The van der Waals surface area contributed by atoms with Crippen LogP contribution in [0.15, 0.2) is 5.38 Å². The van der Waals surface area contributed by atoms with Gasteiger partial charge in [-0.3, -0.25) is 4.79 Å². The van der Waals surface area contributed by atoms with E-state index in [1.165, 1.54) is 0 Å². The highest BCUT2D eigenvalue weighted by Crippen LogP contribution is 2.37. The fourth-order valence-electron chi connectivity index (χ4n) is 1.47. The predicted molar refractivity (Wildman–Crippen MR) is 56.0 cm³/mol. The summed E-state index contributed by atoms with van der Waals surface area (Å²) < 4.78 is 0. The number of aromatic nitrogens is 1. The van der Waals surface area contributed by atoms with Crippen molar-refractivity contribution in [1.82, 2.24) is 10.3 Å². The molecule has 1 aromatic rings. The summed E-state index contributed by atoms with van der Waals surface area (Å²) in [5, 5.41) is 5.90. The lowest BCUT2D eigenvalue weighted by Crippen LogP contribution is -2.24. The molecule has 0 spiro atoms. The summed E-state index contributed by atoms with van der Waals surface area (Å²) in [6, 6.07) is 0. The average molecular weight is 210 g/mol. The van der Waals surface area contributed by atoms with Crippen molar-refractivity contribution in [3.63, 3.8) is 0 Å². The van der Waals surface area contributed by atoms with Gasteiger partial charge in [-0.1, -0.05) is 6.92 Å². The molecule has 0 aromatic carbocycles. The molecule has 3 nitrogen and oxygen atoms in total. The van der Waals surface area contributed by atoms with Gasteiger partial charge in [0.15, 0.2) is 0 Å². The largest absolute Gasteiger partial charge is 0.349 e. The highest BCUT2D eigenvalue weighted by atomic mass is 32.1. The van der Waals surface area contributed by atoms with E-state index in [9.17, 15) is 4.79 Å². The van der Waals surface area contributed by atoms with Gasteiger partial charge in [-0.05, 0) is 19.3 Å². The van der Waals surface area contributed by atoms with Crippen LogP contribution >= 0.6 is 11.3 Å². The molecule has 2 atom stereocenters. The van der Waals surface area contributed by atoms with Crippen molar-refractivity contribution in [2.75, 3.05) is 0 Å². The quantitative estimate of drug-likeness (QED) is 0.825. The van der Waals surface area contributed by atoms with Crippen LogP contribution in [0, 0.1) is 18.8 Å². The van der Waals surface area contributed by atoms with Crippen molar-refractivity contribution in [3.05, 3.63) is 16.1 Å². The van der Waals surface area contributed by atoms with E-state index in [1.54, 1.807) is 11.3 Å². The monoisotopic (exact) mass is 210 g/mol. The second-order valence-corrected chi connectivity index (χ2v) is 4.86. The lowest BCUT2D eigenvalue weighted by atomic mass is 10.3. The molecular formula is C10H14N2OS. The summed E-state index contributed by atoms with van der Waals surface area (Å²) in [4.78, 5) is 15.7. The number of nitrogens with one attached hydrogen (secondary N) is 1. The smallest absolute Gasteiger partial charge is 0.223 e. The molecule has 1 aromatic heterocycles. The van der Waals surface area contributed by atoms with Crippen molar-refractivity contribution in [3.8, 4) is 0 Å². The molecule has 1 amide bonds. The second kappa shape index (κ2) is 3.69. The van der Waals surface area contributed by atoms with Gasteiger partial charge in [0.1, 0.15) is 5.01 Å². The van der Waals surface area contributed by atoms with E-state index in [0.717, 1.165) is 17.1 Å². The zero-order valence-corrected chi connectivity index (χ0v) is 9.23. The number of aryl methyl sites for hydroxylation is 1. The second-order valence-electron chi connectivity index (χ2n) is 3.92. The third-order valence-corrected chi connectivity index (χ3v) is 3.49. The summed E-state index contributed by atoms with van der Waals surface area (Å²) in [5.41, 5.74) is 1.03. The van der Waals surface area contributed by atoms with Crippen LogP contribution in [0.5, 0.6) is 0 Å². The Labute approximate surface area is 87.6 Å². The summed E-state index contributed by atoms with van der Waals surface area (Å²) in [6.45, 7) is 4.66. The molecule has 4 heteroatoms. The first-order valence-corrected chi connectivity index (χ1v) is 5.73. The molecule has 2 unspecified atom stereocenters. The first kappa shape index (κ1) is 9.65. The van der Waals surface area contributed by atoms with Gasteiger partial charge in [0.2, 0.25) is 5.91 Å². The molecule has 76 valence electrons. The maximum Gasteiger partial charge on any atom is 0.223 e. The molecule has 0 aliphatic heterocycles. The zero-order valence-electron chi connectivity index (χ0n) is 8.41. The van der Waals surface area contributed by atoms with Gasteiger partial charge in [0.05, 0.1) is 6.54 Å². The molecule has 1 aliphatic carbocycles. The average Bonchev–Trinajstić information content (AvgIpc) is 2.72. The minimum Gasteiger partial charge on any atom is -0.349 e. The molecule has 1 N–H and O–H groups in total. The van der Waals surface area contributed by atoms with Crippen LogP contribution in [-0.4, -0.2) is 10.9 Å². The molecule has 1 fully saturated rings. The molecule has 0 bridgehead atoms. The summed E-state index contributed by atoms with van der Waals surface area (Å²) in [7, 11) is 0. The number of hydrogen-bond acceptors (Lipinski definition) is 3. The minimum atomic E-state index is 0.186. The Morgan fingerprint density at radius 2 is 2.50 bits per heavy atom. The lowest BCUT2D eigenvalue weighted by molar-refractivity contribution is -0.122. The van der Waals surface area contributed by atoms with Crippen molar-refractivity contribution in [2.24, 2.45) is 11.8 Å². The Morgan fingerprint density at radius 1 is 1.79 bits per heavy atom. The van der Waals surface area contributed by atoms with E-state index in [1.807, 2.05) is 12.3 Å².